The van der Waals surface area contributed by atoms with Gasteiger partial charge >= 0.3 is 0 Å². The number of nitrogens with one attached hydrogen (secondary N) is 1. The monoisotopic (exact) mass is 430 g/mol. The Bertz CT molecular complexity index is 1030. The minimum absolute atomic E-state index is 0.104. The van der Waals surface area contributed by atoms with Gasteiger partial charge < -0.3 is 10.1 Å². The maximum atomic E-state index is 14.1. The predicted octanol–water partition coefficient (Wildman–Crippen LogP) is 3.70. The summed E-state index contributed by atoms with van der Waals surface area (Å²) in [5.41, 5.74) is 0.331. The van der Waals surface area contributed by atoms with E-state index in [-0.39, 0.29) is 30.6 Å². The first kappa shape index (κ1) is 21.5. The second-order valence-electron chi connectivity index (χ2n) is 6.13. The van der Waals surface area contributed by atoms with Gasteiger partial charge in [0.15, 0.2) is 11.0 Å². The Hall–Kier alpha value is -3.20. The Balaban J connectivity index is 1.53. The summed E-state index contributed by atoms with van der Waals surface area (Å²) in [6.07, 6.45) is 1.65. The normalized spacial score (nSPS) is 10.6. The summed E-state index contributed by atoms with van der Waals surface area (Å²) in [6.45, 7) is 4.58. The van der Waals surface area contributed by atoms with E-state index < -0.39 is 5.82 Å². The van der Waals surface area contributed by atoms with E-state index in [9.17, 15) is 13.6 Å². The predicted molar refractivity (Wildman–Crippen MR) is 111 cm³/mol. The third kappa shape index (κ3) is 5.66. The van der Waals surface area contributed by atoms with Gasteiger partial charge in [0.05, 0.1) is 17.9 Å². The third-order valence-electron chi connectivity index (χ3n) is 3.96. The number of amides is 1. The zero-order chi connectivity index (χ0) is 21.3. The van der Waals surface area contributed by atoms with E-state index in [1.165, 1.54) is 30.0 Å². The molecule has 3 rings (SSSR count). The van der Waals surface area contributed by atoms with Crippen molar-refractivity contribution in [2.75, 3.05) is 18.9 Å². The van der Waals surface area contributed by atoms with Crippen molar-refractivity contribution in [3.8, 4) is 17.1 Å². The third-order valence-corrected chi connectivity index (χ3v) is 4.93. The molecule has 0 aliphatic heterocycles. The molecule has 9 heteroatoms. The van der Waals surface area contributed by atoms with Gasteiger partial charge in [-0.2, -0.15) is 0 Å². The number of carbonyl (C=O) groups is 1. The molecule has 0 atom stereocenters. The number of nitrogens with zero attached hydrogens (tertiary/aromatic N) is 3. The average molecular weight is 430 g/mol. The van der Waals surface area contributed by atoms with Crippen molar-refractivity contribution in [2.24, 2.45) is 0 Å². The molecule has 0 fully saturated rings. The zero-order valence-electron chi connectivity index (χ0n) is 16.1. The van der Waals surface area contributed by atoms with Gasteiger partial charge in [0.2, 0.25) is 5.91 Å². The molecule has 1 aromatic heterocycles. The van der Waals surface area contributed by atoms with Crippen LogP contribution in [-0.4, -0.2) is 39.6 Å². The van der Waals surface area contributed by atoms with Crippen LogP contribution in [0.25, 0.3) is 11.4 Å². The second kappa shape index (κ2) is 10.5. The lowest BCUT2D eigenvalue weighted by molar-refractivity contribution is -0.118. The minimum atomic E-state index is -0.400. The van der Waals surface area contributed by atoms with Gasteiger partial charge in [-0.1, -0.05) is 36.0 Å². The molecule has 0 aliphatic rings. The van der Waals surface area contributed by atoms with Gasteiger partial charge in [0.25, 0.3) is 0 Å². The number of thioether (sulfide) groups is 1. The van der Waals surface area contributed by atoms with Crippen LogP contribution in [0.15, 0.2) is 66.3 Å². The summed E-state index contributed by atoms with van der Waals surface area (Å²) < 4.78 is 34.3. The molecule has 0 saturated heterocycles. The zero-order valence-corrected chi connectivity index (χ0v) is 16.9. The molecular formula is C21H20F2N4O2S. The molecule has 30 heavy (non-hydrogen) atoms. The van der Waals surface area contributed by atoms with Crippen LogP contribution in [0.3, 0.4) is 0 Å². The molecule has 3 aromatic rings. The Morgan fingerprint density at radius 1 is 1.20 bits per heavy atom. The molecule has 0 spiro atoms. The number of rotatable bonds is 10. The van der Waals surface area contributed by atoms with Gasteiger partial charge in [-0.15, -0.1) is 16.8 Å². The largest absolute Gasteiger partial charge is 0.492 e. The highest BCUT2D eigenvalue weighted by atomic mass is 32.2. The topological polar surface area (TPSA) is 69.0 Å². The molecule has 6 nitrogen and oxygen atoms in total. The SMILES string of the molecule is C=CCn1c(SCC(=O)NCCOc2cccc(F)c2)nnc1-c1ccccc1F. The average Bonchev–Trinajstić information content (AvgIpc) is 3.13. The fourth-order valence-corrected chi connectivity index (χ4v) is 3.41. The number of ether oxygens (including phenoxy) is 1. The van der Waals surface area contributed by atoms with Crippen LogP contribution >= 0.6 is 11.8 Å². The van der Waals surface area contributed by atoms with Gasteiger partial charge in [-0.3, -0.25) is 9.36 Å². The molecule has 0 bridgehead atoms. The van der Waals surface area contributed by atoms with E-state index >= 15 is 0 Å². The number of aromatic nitrogens is 3. The van der Waals surface area contributed by atoms with Crippen LogP contribution < -0.4 is 10.1 Å². The molecule has 1 N–H and O–H groups in total. The van der Waals surface area contributed by atoms with Crippen LogP contribution in [-0.2, 0) is 11.3 Å². The van der Waals surface area contributed by atoms with E-state index in [2.05, 4.69) is 22.1 Å². The van der Waals surface area contributed by atoms with E-state index in [4.69, 9.17) is 4.74 Å². The van der Waals surface area contributed by atoms with Crippen LogP contribution in [0.5, 0.6) is 5.75 Å². The molecule has 2 aromatic carbocycles. The van der Waals surface area contributed by atoms with Gasteiger partial charge in [-0.25, -0.2) is 8.78 Å². The molecule has 0 saturated carbocycles. The summed E-state index contributed by atoms with van der Waals surface area (Å²) in [4.78, 5) is 12.1. The summed E-state index contributed by atoms with van der Waals surface area (Å²) in [5.74, 6) is -0.124. The fraction of sp³-hybridized carbons (Fsp3) is 0.190. The number of hydrogen-bond donors (Lipinski definition) is 1. The van der Waals surface area contributed by atoms with Crippen LogP contribution in [0.2, 0.25) is 0 Å². The number of allylic oxidation sites excluding steroid dienone is 1. The first-order valence-corrected chi connectivity index (χ1v) is 10.1. The van der Waals surface area contributed by atoms with Gasteiger partial charge in [0, 0.05) is 12.6 Å². The Labute approximate surface area is 177 Å². The van der Waals surface area contributed by atoms with E-state index in [1.54, 1.807) is 41.0 Å². The van der Waals surface area contributed by atoms with Crippen molar-refractivity contribution < 1.29 is 18.3 Å². The lowest BCUT2D eigenvalue weighted by atomic mass is 10.2. The number of benzene rings is 2. The highest BCUT2D eigenvalue weighted by Gasteiger charge is 2.17. The Kier molecular flexibility index (Phi) is 7.56. The smallest absolute Gasteiger partial charge is 0.230 e. The molecule has 0 radical (unpaired) electrons. The maximum absolute atomic E-state index is 14.1. The summed E-state index contributed by atoms with van der Waals surface area (Å²) in [7, 11) is 0. The number of carbonyl (C=O) groups excluding carboxylic acids is 1. The lowest BCUT2D eigenvalue weighted by Gasteiger charge is -2.09. The Morgan fingerprint density at radius 2 is 2.03 bits per heavy atom. The first-order chi connectivity index (χ1) is 14.6. The molecule has 0 unspecified atom stereocenters. The first-order valence-electron chi connectivity index (χ1n) is 9.15. The van der Waals surface area contributed by atoms with Gasteiger partial charge in [-0.05, 0) is 24.3 Å². The second-order valence-corrected chi connectivity index (χ2v) is 7.07. The van der Waals surface area contributed by atoms with Crippen molar-refractivity contribution in [3.05, 3.63) is 72.8 Å². The van der Waals surface area contributed by atoms with Crippen molar-refractivity contribution in [3.63, 3.8) is 0 Å². The van der Waals surface area contributed by atoms with Crippen LogP contribution in [0, 0.1) is 11.6 Å². The highest BCUT2D eigenvalue weighted by molar-refractivity contribution is 7.99. The Morgan fingerprint density at radius 3 is 2.80 bits per heavy atom. The van der Waals surface area contributed by atoms with Crippen molar-refractivity contribution in [1.82, 2.24) is 20.1 Å². The van der Waals surface area contributed by atoms with Crippen molar-refractivity contribution in [2.45, 2.75) is 11.7 Å². The molecule has 0 aliphatic carbocycles. The van der Waals surface area contributed by atoms with Crippen molar-refractivity contribution >= 4 is 17.7 Å². The van der Waals surface area contributed by atoms with E-state index in [1.807, 2.05) is 0 Å². The van der Waals surface area contributed by atoms with Crippen LogP contribution in [0.1, 0.15) is 0 Å². The molecule has 1 heterocycles. The summed E-state index contributed by atoms with van der Waals surface area (Å²) >= 11 is 1.19. The van der Waals surface area contributed by atoms with E-state index in [0.717, 1.165) is 0 Å². The molecule has 1 amide bonds. The maximum Gasteiger partial charge on any atom is 0.230 e. The van der Waals surface area contributed by atoms with Gasteiger partial charge in [0.1, 0.15) is 24.0 Å². The van der Waals surface area contributed by atoms with Crippen LogP contribution in [0.4, 0.5) is 8.78 Å². The van der Waals surface area contributed by atoms with E-state index in [0.29, 0.717) is 28.8 Å². The standard InChI is InChI=1S/C21H20F2N4O2S/c1-2-11-27-20(17-8-3-4-9-18(17)23)25-26-21(27)30-14-19(28)24-10-12-29-16-7-5-6-15(22)13-16/h2-9,13H,1,10-12,14H2,(H,24,28). The van der Waals surface area contributed by atoms with Crippen molar-refractivity contribution in [1.29, 1.82) is 0 Å². The highest BCUT2D eigenvalue weighted by Crippen LogP contribution is 2.25. The quantitative estimate of drug-likeness (QED) is 0.302. The number of halogens is 2. The summed E-state index contributed by atoms with van der Waals surface area (Å²) in [6, 6.07) is 12.1. The minimum Gasteiger partial charge on any atom is -0.492 e. The fourth-order valence-electron chi connectivity index (χ4n) is 2.63. The summed E-state index contributed by atoms with van der Waals surface area (Å²) in [5, 5.41) is 11.4. The molecular weight excluding hydrogens is 410 g/mol. The lowest BCUT2D eigenvalue weighted by Crippen LogP contribution is -2.29. The number of hydrogen-bond acceptors (Lipinski definition) is 5. The molecule has 156 valence electrons.